The molecule has 6 heteroatoms. The average molecular weight is 178 g/mol. The van der Waals surface area contributed by atoms with Gasteiger partial charge in [0.2, 0.25) is 0 Å². The minimum absolute atomic E-state index is 0.371. The predicted octanol–water partition coefficient (Wildman–Crippen LogP) is -0.825. The van der Waals surface area contributed by atoms with E-state index in [1.807, 2.05) is 0 Å². The Morgan fingerprint density at radius 2 is 1.91 bits per heavy atom. The maximum Gasteiger partial charge on any atom is 0.275 e. The Morgan fingerprint density at radius 1 is 1.36 bits per heavy atom. The summed E-state index contributed by atoms with van der Waals surface area (Å²) in [6.45, 7) is 0. The molecule has 0 aromatic carbocycles. The third-order valence-electron chi connectivity index (χ3n) is 1.50. The summed E-state index contributed by atoms with van der Waals surface area (Å²) in [5.41, 5.74) is 0. The van der Waals surface area contributed by atoms with Crippen LogP contribution in [0.25, 0.3) is 0 Å². The van der Waals surface area contributed by atoms with Crippen molar-refractivity contribution >= 4 is 21.7 Å². The van der Waals surface area contributed by atoms with E-state index in [1.165, 1.54) is 0 Å². The van der Waals surface area contributed by atoms with Gasteiger partial charge in [-0.3, -0.25) is 14.1 Å². The van der Waals surface area contributed by atoms with Gasteiger partial charge >= 0.3 is 0 Å². The number of carbonyl (C=O) groups is 2. The Morgan fingerprint density at radius 3 is 2.09 bits per heavy atom. The molecule has 5 nitrogen and oxygen atoms in total. The lowest BCUT2D eigenvalue weighted by Crippen LogP contribution is -2.24. The molecule has 0 aromatic heterocycles. The van der Waals surface area contributed by atoms with Gasteiger partial charge in [-0.25, -0.2) is 0 Å². The molecule has 1 aliphatic rings. The van der Waals surface area contributed by atoms with E-state index in [4.69, 9.17) is 4.55 Å². The topological polar surface area (TPSA) is 88.5 Å². The largest absolute Gasteiger partial charge is 0.299 e. The normalized spacial score (nSPS) is 26.1. The highest BCUT2D eigenvalue weighted by Crippen LogP contribution is 2.17. The number of Topliss-reactive ketones (excluding diaryl/α,β-unsaturated/α-hetero) is 2. The van der Waals surface area contributed by atoms with Crippen molar-refractivity contribution in [3.05, 3.63) is 0 Å². The molecular weight excluding hydrogens is 172 g/mol. The van der Waals surface area contributed by atoms with E-state index in [0.717, 1.165) is 0 Å². The number of carbonyl (C=O) groups excluding carboxylic acids is 2. The molecule has 0 aromatic rings. The smallest absolute Gasteiger partial charge is 0.275 e. The van der Waals surface area contributed by atoms with E-state index in [9.17, 15) is 18.0 Å². The van der Waals surface area contributed by atoms with Gasteiger partial charge in [-0.15, -0.1) is 0 Å². The monoisotopic (exact) mass is 178 g/mol. The second-order valence-corrected chi connectivity index (χ2v) is 3.99. The summed E-state index contributed by atoms with van der Waals surface area (Å²) in [7, 11) is -4.36. The Bertz CT molecular complexity index is 301. The summed E-state index contributed by atoms with van der Waals surface area (Å²) in [5, 5.41) is -1.50. The van der Waals surface area contributed by atoms with Gasteiger partial charge in [-0.1, -0.05) is 0 Å². The van der Waals surface area contributed by atoms with Crippen molar-refractivity contribution in [1.29, 1.82) is 0 Å². The fourth-order valence-corrected chi connectivity index (χ4v) is 1.78. The molecule has 1 saturated carbocycles. The SMILES string of the molecule is O=C1CC(=O)C(S(=O)(=O)O)C1. The lowest BCUT2D eigenvalue weighted by molar-refractivity contribution is -0.121. The third-order valence-corrected chi connectivity index (χ3v) is 2.65. The second kappa shape index (κ2) is 2.38. The zero-order valence-corrected chi connectivity index (χ0v) is 6.30. The van der Waals surface area contributed by atoms with Crippen molar-refractivity contribution in [2.24, 2.45) is 0 Å². The summed E-state index contributed by atoms with van der Waals surface area (Å²) in [6.07, 6.45) is -0.748. The van der Waals surface area contributed by atoms with Crippen LogP contribution in [-0.2, 0) is 19.7 Å². The highest BCUT2D eigenvalue weighted by molar-refractivity contribution is 7.87. The van der Waals surface area contributed by atoms with Crippen molar-refractivity contribution in [3.8, 4) is 0 Å². The molecule has 0 bridgehead atoms. The summed E-state index contributed by atoms with van der Waals surface area (Å²) in [4.78, 5) is 21.2. The summed E-state index contributed by atoms with van der Waals surface area (Å²) in [6, 6.07) is 0. The van der Waals surface area contributed by atoms with Crippen LogP contribution in [0.4, 0.5) is 0 Å². The molecule has 11 heavy (non-hydrogen) atoms. The van der Waals surface area contributed by atoms with Crippen molar-refractivity contribution < 1.29 is 22.6 Å². The molecule has 1 N–H and O–H groups in total. The molecule has 1 aliphatic carbocycles. The van der Waals surface area contributed by atoms with Crippen LogP contribution in [0.15, 0.2) is 0 Å². The van der Waals surface area contributed by atoms with Crippen LogP contribution in [0.3, 0.4) is 0 Å². The molecule has 0 heterocycles. The van der Waals surface area contributed by atoms with E-state index < -0.39 is 26.9 Å². The third kappa shape index (κ3) is 1.63. The van der Waals surface area contributed by atoms with Crippen molar-refractivity contribution in [2.75, 3.05) is 0 Å². The quantitative estimate of drug-likeness (QED) is 0.418. The maximum absolute atomic E-state index is 10.7. The fourth-order valence-electron chi connectivity index (χ4n) is 0.972. The van der Waals surface area contributed by atoms with Gasteiger partial charge in [0.05, 0.1) is 6.42 Å². The predicted molar refractivity (Wildman–Crippen MR) is 34.6 cm³/mol. The number of hydrogen-bond donors (Lipinski definition) is 1. The maximum atomic E-state index is 10.7. The van der Waals surface area contributed by atoms with Crippen molar-refractivity contribution in [2.45, 2.75) is 18.1 Å². The van der Waals surface area contributed by atoms with E-state index in [0.29, 0.717) is 0 Å². The van der Waals surface area contributed by atoms with E-state index in [-0.39, 0.29) is 12.8 Å². The Hall–Kier alpha value is -0.750. The summed E-state index contributed by atoms with van der Waals surface area (Å²) >= 11 is 0. The fraction of sp³-hybridized carbons (Fsp3) is 0.600. The molecule has 0 amide bonds. The first-order valence-corrected chi connectivity index (χ1v) is 4.42. The molecule has 62 valence electrons. The zero-order valence-electron chi connectivity index (χ0n) is 5.48. The van der Waals surface area contributed by atoms with Crippen LogP contribution in [0.5, 0.6) is 0 Å². The number of hydrogen-bond acceptors (Lipinski definition) is 4. The first-order valence-electron chi connectivity index (χ1n) is 2.92. The molecule has 1 unspecified atom stereocenters. The highest BCUT2D eigenvalue weighted by Gasteiger charge is 2.39. The molecule has 0 saturated heterocycles. The van der Waals surface area contributed by atoms with E-state index in [1.54, 1.807) is 0 Å². The molecule has 1 rings (SSSR count). The van der Waals surface area contributed by atoms with Crippen molar-refractivity contribution in [1.82, 2.24) is 0 Å². The van der Waals surface area contributed by atoms with Crippen LogP contribution in [0.1, 0.15) is 12.8 Å². The second-order valence-electron chi connectivity index (χ2n) is 2.39. The van der Waals surface area contributed by atoms with Crippen LogP contribution < -0.4 is 0 Å². The highest BCUT2D eigenvalue weighted by atomic mass is 32.2. The summed E-state index contributed by atoms with van der Waals surface area (Å²) < 4.78 is 29.1. The van der Waals surface area contributed by atoms with E-state index in [2.05, 4.69) is 0 Å². The molecule has 1 fully saturated rings. The first-order chi connectivity index (χ1) is 4.91. The van der Waals surface area contributed by atoms with Gasteiger partial charge in [0.1, 0.15) is 5.78 Å². The lowest BCUT2D eigenvalue weighted by Gasteiger charge is -1.99. The first kappa shape index (κ1) is 8.35. The lowest BCUT2D eigenvalue weighted by atomic mass is 10.3. The van der Waals surface area contributed by atoms with Crippen molar-refractivity contribution in [3.63, 3.8) is 0 Å². The van der Waals surface area contributed by atoms with Crippen LogP contribution in [0, 0.1) is 0 Å². The van der Waals surface area contributed by atoms with Gasteiger partial charge in [0, 0.05) is 6.42 Å². The molecule has 1 atom stereocenters. The Kier molecular flexibility index (Phi) is 1.81. The van der Waals surface area contributed by atoms with Gasteiger partial charge in [0.25, 0.3) is 10.1 Å². The molecule has 0 spiro atoms. The minimum Gasteiger partial charge on any atom is -0.299 e. The number of ketones is 2. The van der Waals surface area contributed by atoms with E-state index >= 15 is 0 Å². The van der Waals surface area contributed by atoms with Gasteiger partial charge in [-0.2, -0.15) is 8.42 Å². The van der Waals surface area contributed by atoms with Gasteiger partial charge < -0.3 is 0 Å². The number of rotatable bonds is 1. The van der Waals surface area contributed by atoms with Gasteiger partial charge in [-0.05, 0) is 0 Å². The van der Waals surface area contributed by atoms with Crippen LogP contribution in [-0.4, -0.2) is 29.8 Å². The molecule has 0 radical (unpaired) electrons. The van der Waals surface area contributed by atoms with Crippen LogP contribution >= 0.6 is 0 Å². The summed E-state index contributed by atoms with van der Waals surface area (Å²) in [5.74, 6) is -1.14. The molecular formula is C5H6O5S. The van der Waals surface area contributed by atoms with Gasteiger partial charge in [0.15, 0.2) is 11.0 Å². The Labute approximate surface area is 63.1 Å². The zero-order chi connectivity index (χ0) is 8.65. The minimum atomic E-state index is -4.36. The standard InChI is InChI=1S/C5H6O5S/c6-3-1-4(7)5(2-3)11(8,9)10/h5H,1-2H2,(H,8,9,10). The average Bonchev–Trinajstić information content (AvgIpc) is 2.08. The Balaban J connectivity index is 2.94. The molecule has 0 aliphatic heterocycles. The van der Waals surface area contributed by atoms with Crippen LogP contribution in [0.2, 0.25) is 0 Å².